The van der Waals surface area contributed by atoms with Gasteiger partial charge in [0.1, 0.15) is 4.88 Å². The average Bonchev–Trinajstić information content (AvgIpc) is 2.84. The molecule has 0 bridgehead atoms. The van der Waals surface area contributed by atoms with Gasteiger partial charge in [-0.15, -0.1) is 0 Å². The first kappa shape index (κ1) is 12.5. The second kappa shape index (κ2) is 5.61. The number of ether oxygens (including phenoxy) is 1. The lowest BCUT2D eigenvalue weighted by atomic mass is 10.1. The molecule has 1 heterocycles. The van der Waals surface area contributed by atoms with E-state index in [-0.39, 0.29) is 5.97 Å². The molecule has 3 N–H and O–H groups in total. The maximum atomic E-state index is 11.8. The number of nitrogen functional groups attached to an aromatic ring is 1. The lowest BCUT2D eigenvalue weighted by Crippen LogP contribution is -2.05. The van der Waals surface area contributed by atoms with Crippen LogP contribution < -0.4 is 11.3 Å². The summed E-state index contributed by atoms with van der Waals surface area (Å²) in [6, 6.07) is 9.45. The van der Waals surface area contributed by atoms with Crippen molar-refractivity contribution in [3.8, 4) is 11.3 Å². The van der Waals surface area contributed by atoms with Crippen LogP contribution in [0.3, 0.4) is 0 Å². The monoisotopic (exact) mass is 263 g/mol. The normalized spacial score (nSPS) is 10.1. The van der Waals surface area contributed by atoms with Crippen molar-refractivity contribution in [2.24, 2.45) is 5.84 Å². The summed E-state index contributed by atoms with van der Waals surface area (Å²) in [6.07, 6.45) is 0. The molecule has 6 heteroatoms. The van der Waals surface area contributed by atoms with Crippen LogP contribution in [0, 0.1) is 0 Å². The maximum absolute atomic E-state index is 11.8. The van der Waals surface area contributed by atoms with E-state index in [2.05, 4.69) is 10.4 Å². The number of carbonyl (C=O) groups is 1. The van der Waals surface area contributed by atoms with Crippen LogP contribution in [-0.4, -0.2) is 17.6 Å². The van der Waals surface area contributed by atoms with E-state index in [9.17, 15) is 4.79 Å². The van der Waals surface area contributed by atoms with Gasteiger partial charge in [0.2, 0.25) is 0 Å². The van der Waals surface area contributed by atoms with Crippen molar-refractivity contribution in [1.82, 2.24) is 4.98 Å². The smallest absolute Gasteiger partial charge is 0.350 e. The highest BCUT2D eigenvalue weighted by molar-refractivity contribution is 7.17. The fraction of sp³-hybridized carbons (Fsp3) is 0.167. The zero-order valence-electron chi connectivity index (χ0n) is 9.84. The second-order valence-corrected chi connectivity index (χ2v) is 4.43. The van der Waals surface area contributed by atoms with Crippen LogP contribution in [0.4, 0.5) is 5.13 Å². The molecule has 0 aliphatic heterocycles. The molecule has 2 rings (SSSR count). The van der Waals surface area contributed by atoms with Crippen LogP contribution in [0.2, 0.25) is 0 Å². The summed E-state index contributed by atoms with van der Waals surface area (Å²) in [4.78, 5) is 16.6. The summed E-state index contributed by atoms with van der Waals surface area (Å²) in [7, 11) is 0. The van der Waals surface area contributed by atoms with E-state index in [1.54, 1.807) is 6.92 Å². The molecule has 0 saturated heterocycles. The summed E-state index contributed by atoms with van der Waals surface area (Å²) in [5, 5.41) is 0.483. The van der Waals surface area contributed by atoms with Gasteiger partial charge in [-0.1, -0.05) is 41.7 Å². The summed E-state index contributed by atoms with van der Waals surface area (Å²) in [6.45, 7) is 2.10. The molecule has 0 unspecified atom stereocenters. The molecular weight excluding hydrogens is 250 g/mol. The quantitative estimate of drug-likeness (QED) is 0.502. The molecule has 0 radical (unpaired) electrons. The van der Waals surface area contributed by atoms with Crippen LogP contribution >= 0.6 is 11.3 Å². The number of nitrogens with one attached hydrogen (secondary N) is 1. The molecule has 0 spiro atoms. The average molecular weight is 263 g/mol. The zero-order chi connectivity index (χ0) is 13.0. The third-order valence-corrected chi connectivity index (χ3v) is 3.23. The van der Waals surface area contributed by atoms with E-state index >= 15 is 0 Å². The van der Waals surface area contributed by atoms with Crippen molar-refractivity contribution < 1.29 is 9.53 Å². The number of hydrogen-bond donors (Lipinski definition) is 2. The minimum Gasteiger partial charge on any atom is -0.462 e. The molecule has 2 aromatic rings. The van der Waals surface area contributed by atoms with Gasteiger partial charge >= 0.3 is 5.97 Å². The number of benzene rings is 1. The van der Waals surface area contributed by atoms with Gasteiger partial charge < -0.3 is 4.74 Å². The highest BCUT2D eigenvalue weighted by atomic mass is 32.1. The molecule has 5 nitrogen and oxygen atoms in total. The Kier molecular flexibility index (Phi) is 3.91. The van der Waals surface area contributed by atoms with Gasteiger partial charge in [-0.25, -0.2) is 15.6 Å². The van der Waals surface area contributed by atoms with Crippen LogP contribution in [0.1, 0.15) is 16.6 Å². The first-order valence-electron chi connectivity index (χ1n) is 5.46. The Morgan fingerprint density at radius 1 is 1.44 bits per heavy atom. The SMILES string of the molecule is CCOC(=O)c1sc(NN)nc1-c1ccccc1. The van der Waals surface area contributed by atoms with Crippen molar-refractivity contribution in [1.29, 1.82) is 0 Å². The minimum atomic E-state index is -0.379. The Morgan fingerprint density at radius 3 is 2.78 bits per heavy atom. The molecule has 0 fully saturated rings. The fourth-order valence-electron chi connectivity index (χ4n) is 1.51. The van der Waals surface area contributed by atoms with Crippen LogP contribution in [-0.2, 0) is 4.74 Å². The van der Waals surface area contributed by atoms with E-state index in [0.29, 0.717) is 22.3 Å². The number of hydrogen-bond acceptors (Lipinski definition) is 6. The van der Waals surface area contributed by atoms with Crippen LogP contribution in [0.15, 0.2) is 30.3 Å². The lowest BCUT2D eigenvalue weighted by molar-refractivity contribution is 0.0532. The summed E-state index contributed by atoms with van der Waals surface area (Å²) in [5.74, 6) is 4.95. The molecule has 0 aliphatic carbocycles. The zero-order valence-corrected chi connectivity index (χ0v) is 10.7. The molecule has 18 heavy (non-hydrogen) atoms. The molecule has 0 saturated carbocycles. The Balaban J connectivity index is 2.45. The van der Waals surface area contributed by atoms with E-state index < -0.39 is 0 Å². The van der Waals surface area contributed by atoms with Gasteiger partial charge in [0.05, 0.1) is 12.3 Å². The number of carbonyl (C=O) groups excluding carboxylic acids is 1. The van der Waals surface area contributed by atoms with Gasteiger partial charge in [-0.3, -0.25) is 5.43 Å². The molecule has 94 valence electrons. The van der Waals surface area contributed by atoms with E-state index in [1.165, 1.54) is 11.3 Å². The Labute approximate surface area is 109 Å². The minimum absolute atomic E-state index is 0.330. The van der Waals surface area contributed by atoms with Gasteiger partial charge in [-0.2, -0.15) is 0 Å². The van der Waals surface area contributed by atoms with Gasteiger partial charge in [0, 0.05) is 5.56 Å². The topological polar surface area (TPSA) is 77.2 Å². The number of aromatic nitrogens is 1. The predicted molar refractivity (Wildman–Crippen MR) is 71.3 cm³/mol. The van der Waals surface area contributed by atoms with E-state index in [0.717, 1.165) is 5.56 Å². The van der Waals surface area contributed by atoms with Crippen LogP contribution in [0.5, 0.6) is 0 Å². The fourth-order valence-corrected chi connectivity index (χ4v) is 2.30. The number of nitrogens with two attached hydrogens (primary N) is 1. The Bertz CT molecular complexity index is 540. The van der Waals surface area contributed by atoms with Gasteiger partial charge in [0.25, 0.3) is 0 Å². The van der Waals surface area contributed by atoms with Crippen molar-refractivity contribution in [2.75, 3.05) is 12.0 Å². The molecule has 0 amide bonds. The summed E-state index contributed by atoms with van der Waals surface area (Å²) < 4.78 is 5.01. The molecule has 1 aromatic heterocycles. The predicted octanol–water partition coefficient (Wildman–Crippen LogP) is 2.27. The maximum Gasteiger partial charge on any atom is 0.350 e. The van der Waals surface area contributed by atoms with Gasteiger partial charge in [-0.05, 0) is 6.92 Å². The number of thiazole rings is 1. The highest BCUT2D eigenvalue weighted by Gasteiger charge is 2.20. The third-order valence-electron chi connectivity index (χ3n) is 2.26. The number of esters is 1. The third kappa shape index (κ3) is 2.49. The van der Waals surface area contributed by atoms with Crippen molar-refractivity contribution >= 4 is 22.4 Å². The van der Waals surface area contributed by atoms with Gasteiger partial charge in [0.15, 0.2) is 5.13 Å². The summed E-state index contributed by atoms with van der Waals surface area (Å²) >= 11 is 1.18. The Hall–Kier alpha value is -1.92. The number of anilines is 1. The summed E-state index contributed by atoms with van der Waals surface area (Å²) in [5.41, 5.74) is 3.90. The first-order valence-corrected chi connectivity index (χ1v) is 6.28. The molecule has 0 aliphatic rings. The van der Waals surface area contributed by atoms with E-state index in [1.807, 2.05) is 30.3 Å². The van der Waals surface area contributed by atoms with Crippen molar-refractivity contribution in [3.05, 3.63) is 35.2 Å². The second-order valence-electron chi connectivity index (χ2n) is 3.43. The first-order chi connectivity index (χ1) is 8.76. The number of rotatable bonds is 4. The molecule has 1 aromatic carbocycles. The largest absolute Gasteiger partial charge is 0.462 e. The van der Waals surface area contributed by atoms with Crippen molar-refractivity contribution in [3.63, 3.8) is 0 Å². The standard InChI is InChI=1S/C12H13N3O2S/c1-2-17-11(16)10-9(14-12(15-13)18-10)8-6-4-3-5-7-8/h3-7H,2,13H2,1H3,(H,14,15). The number of nitrogens with zero attached hydrogens (tertiary/aromatic N) is 1. The van der Waals surface area contributed by atoms with E-state index in [4.69, 9.17) is 10.6 Å². The van der Waals surface area contributed by atoms with Crippen LogP contribution in [0.25, 0.3) is 11.3 Å². The number of hydrazine groups is 1. The Morgan fingerprint density at radius 2 is 2.17 bits per heavy atom. The highest BCUT2D eigenvalue weighted by Crippen LogP contribution is 2.31. The lowest BCUT2D eigenvalue weighted by Gasteiger charge is -2.01. The van der Waals surface area contributed by atoms with Crippen molar-refractivity contribution in [2.45, 2.75) is 6.92 Å². The molecule has 0 atom stereocenters. The molecular formula is C12H13N3O2S.